The third kappa shape index (κ3) is 5.10. The van der Waals surface area contributed by atoms with Crippen molar-refractivity contribution in [2.24, 2.45) is 0 Å². The Balaban J connectivity index is 2.25. The maximum atomic E-state index is 12.8. The quantitative estimate of drug-likeness (QED) is 0.517. The van der Waals surface area contributed by atoms with Crippen LogP contribution < -0.4 is 4.74 Å². The molecule has 2 nitrogen and oxygen atoms in total. The van der Waals surface area contributed by atoms with E-state index in [0.717, 1.165) is 12.8 Å². The summed E-state index contributed by atoms with van der Waals surface area (Å²) in [5.74, 6) is -0.112. The molecule has 0 aliphatic heterocycles. The molecule has 90 valence electrons. The predicted molar refractivity (Wildman–Crippen MR) is 63.0 cm³/mol. The van der Waals surface area contributed by atoms with E-state index in [2.05, 4.69) is 11.9 Å². The Kier molecular flexibility index (Phi) is 5.83. The molecular formula is C13H20FNO. The molecular weight excluding hydrogens is 205 g/mol. The second kappa shape index (κ2) is 7.20. The van der Waals surface area contributed by atoms with Crippen molar-refractivity contribution in [2.45, 2.75) is 52.1 Å². The summed E-state index contributed by atoms with van der Waals surface area (Å²) in [6.45, 7) is 4.19. The molecule has 0 bridgehead atoms. The zero-order valence-corrected chi connectivity index (χ0v) is 10.1. The molecule has 1 rings (SSSR count). The van der Waals surface area contributed by atoms with E-state index < -0.39 is 5.95 Å². The van der Waals surface area contributed by atoms with Gasteiger partial charge < -0.3 is 4.74 Å². The summed E-state index contributed by atoms with van der Waals surface area (Å²) in [5, 5.41) is 0. The van der Waals surface area contributed by atoms with Gasteiger partial charge in [0.2, 0.25) is 11.8 Å². The van der Waals surface area contributed by atoms with Crippen molar-refractivity contribution >= 4 is 0 Å². The van der Waals surface area contributed by atoms with Crippen LogP contribution in [0.3, 0.4) is 0 Å². The van der Waals surface area contributed by atoms with E-state index in [-0.39, 0.29) is 6.10 Å². The van der Waals surface area contributed by atoms with Crippen molar-refractivity contribution < 1.29 is 9.13 Å². The fourth-order valence-electron chi connectivity index (χ4n) is 1.58. The lowest BCUT2D eigenvalue weighted by Gasteiger charge is -2.13. The second-order valence-electron chi connectivity index (χ2n) is 4.08. The number of aromatic nitrogens is 1. The number of halogens is 1. The first kappa shape index (κ1) is 12.9. The van der Waals surface area contributed by atoms with Gasteiger partial charge in [-0.3, -0.25) is 0 Å². The van der Waals surface area contributed by atoms with Crippen molar-refractivity contribution in [1.82, 2.24) is 4.98 Å². The van der Waals surface area contributed by atoms with Crippen LogP contribution in [0.5, 0.6) is 5.88 Å². The van der Waals surface area contributed by atoms with Gasteiger partial charge in [-0.25, -0.2) is 0 Å². The van der Waals surface area contributed by atoms with Gasteiger partial charge in [-0.2, -0.15) is 9.37 Å². The highest BCUT2D eigenvalue weighted by molar-refractivity contribution is 5.10. The molecule has 1 atom stereocenters. The number of rotatable bonds is 7. The molecule has 0 aromatic carbocycles. The third-order valence-corrected chi connectivity index (χ3v) is 2.48. The number of ether oxygens (including phenoxy) is 1. The standard InChI is InChI=1S/C13H20FNO/c1-3-4-5-6-8-11(2)16-13-10-7-9-12(14)15-13/h7,9-11H,3-6,8H2,1-2H3. The Labute approximate surface area is 96.8 Å². The molecule has 0 radical (unpaired) electrons. The van der Waals surface area contributed by atoms with Gasteiger partial charge in [-0.1, -0.05) is 32.3 Å². The van der Waals surface area contributed by atoms with Crippen molar-refractivity contribution in [2.75, 3.05) is 0 Å². The van der Waals surface area contributed by atoms with E-state index >= 15 is 0 Å². The Morgan fingerprint density at radius 2 is 2.12 bits per heavy atom. The Bertz CT molecular complexity index is 304. The van der Waals surface area contributed by atoms with Crippen LogP contribution in [-0.4, -0.2) is 11.1 Å². The van der Waals surface area contributed by atoms with E-state index in [4.69, 9.17) is 4.74 Å². The van der Waals surface area contributed by atoms with Crippen molar-refractivity contribution in [3.8, 4) is 5.88 Å². The number of hydrogen-bond acceptors (Lipinski definition) is 2. The second-order valence-corrected chi connectivity index (χ2v) is 4.08. The van der Waals surface area contributed by atoms with Gasteiger partial charge in [0.25, 0.3) is 0 Å². The normalized spacial score (nSPS) is 12.4. The van der Waals surface area contributed by atoms with E-state index in [1.54, 1.807) is 12.1 Å². The molecule has 0 saturated heterocycles. The molecule has 0 spiro atoms. The highest BCUT2D eigenvalue weighted by Crippen LogP contribution is 2.13. The van der Waals surface area contributed by atoms with Crippen LogP contribution in [0.2, 0.25) is 0 Å². The molecule has 0 fully saturated rings. The lowest BCUT2D eigenvalue weighted by molar-refractivity contribution is 0.196. The van der Waals surface area contributed by atoms with Crippen LogP contribution >= 0.6 is 0 Å². The van der Waals surface area contributed by atoms with Crippen LogP contribution in [0.25, 0.3) is 0 Å². The monoisotopic (exact) mass is 225 g/mol. The number of unbranched alkanes of at least 4 members (excludes halogenated alkanes) is 3. The molecule has 0 N–H and O–H groups in total. The smallest absolute Gasteiger partial charge is 0.216 e. The third-order valence-electron chi connectivity index (χ3n) is 2.48. The van der Waals surface area contributed by atoms with Gasteiger partial charge in [0.15, 0.2) is 0 Å². The van der Waals surface area contributed by atoms with Crippen LogP contribution in [0.4, 0.5) is 4.39 Å². The van der Waals surface area contributed by atoms with Crippen LogP contribution in [0.15, 0.2) is 18.2 Å². The zero-order chi connectivity index (χ0) is 11.8. The fraction of sp³-hybridized carbons (Fsp3) is 0.615. The molecule has 1 unspecified atom stereocenters. The van der Waals surface area contributed by atoms with Gasteiger partial charge in [0.05, 0.1) is 6.10 Å². The summed E-state index contributed by atoms with van der Waals surface area (Å²) in [5.41, 5.74) is 0. The molecule has 0 aliphatic carbocycles. The van der Waals surface area contributed by atoms with Crippen molar-refractivity contribution in [3.63, 3.8) is 0 Å². The molecule has 16 heavy (non-hydrogen) atoms. The molecule has 0 saturated carbocycles. The van der Waals surface area contributed by atoms with Gasteiger partial charge >= 0.3 is 0 Å². The Morgan fingerprint density at radius 3 is 2.81 bits per heavy atom. The lowest BCUT2D eigenvalue weighted by atomic mass is 10.1. The molecule has 0 amide bonds. The van der Waals surface area contributed by atoms with E-state index in [1.807, 2.05) is 6.92 Å². The Morgan fingerprint density at radius 1 is 1.31 bits per heavy atom. The van der Waals surface area contributed by atoms with Crippen molar-refractivity contribution in [1.29, 1.82) is 0 Å². The summed E-state index contributed by atoms with van der Waals surface area (Å²) >= 11 is 0. The summed E-state index contributed by atoms with van der Waals surface area (Å²) in [6.07, 6.45) is 6.00. The molecule has 1 aromatic heterocycles. The summed E-state index contributed by atoms with van der Waals surface area (Å²) < 4.78 is 18.3. The summed E-state index contributed by atoms with van der Waals surface area (Å²) in [4.78, 5) is 3.67. The topological polar surface area (TPSA) is 22.1 Å². The number of nitrogens with zero attached hydrogens (tertiary/aromatic N) is 1. The zero-order valence-electron chi connectivity index (χ0n) is 10.1. The first-order valence-electron chi connectivity index (χ1n) is 6.01. The van der Waals surface area contributed by atoms with E-state index in [0.29, 0.717) is 5.88 Å². The first-order valence-corrected chi connectivity index (χ1v) is 6.01. The van der Waals surface area contributed by atoms with Crippen LogP contribution in [0, 0.1) is 5.95 Å². The van der Waals surface area contributed by atoms with Gasteiger partial charge in [0.1, 0.15) is 0 Å². The molecule has 1 heterocycles. The highest BCUT2D eigenvalue weighted by atomic mass is 19.1. The predicted octanol–water partition coefficient (Wildman–Crippen LogP) is 3.96. The molecule has 1 aromatic rings. The minimum Gasteiger partial charge on any atom is -0.475 e. The number of hydrogen-bond donors (Lipinski definition) is 0. The van der Waals surface area contributed by atoms with Gasteiger partial charge in [-0.05, 0) is 25.8 Å². The van der Waals surface area contributed by atoms with E-state index in [1.165, 1.54) is 25.3 Å². The first-order chi connectivity index (χ1) is 7.72. The summed E-state index contributed by atoms with van der Waals surface area (Å²) in [6, 6.07) is 4.62. The highest BCUT2D eigenvalue weighted by Gasteiger charge is 2.05. The van der Waals surface area contributed by atoms with Crippen molar-refractivity contribution in [3.05, 3.63) is 24.1 Å². The van der Waals surface area contributed by atoms with Crippen LogP contribution in [-0.2, 0) is 0 Å². The maximum absolute atomic E-state index is 12.8. The van der Waals surface area contributed by atoms with E-state index in [9.17, 15) is 4.39 Å². The van der Waals surface area contributed by atoms with Gasteiger partial charge in [0, 0.05) is 6.07 Å². The average molecular weight is 225 g/mol. The Hall–Kier alpha value is -1.12. The minimum atomic E-state index is -0.490. The van der Waals surface area contributed by atoms with Crippen LogP contribution in [0.1, 0.15) is 46.0 Å². The molecule has 0 aliphatic rings. The maximum Gasteiger partial charge on any atom is 0.216 e. The number of pyridine rings is 1. The SMILES string of the molecule is CCCCCCC(C)Oc1cccc(F)n1. The lowest BCUT2D eigenvalue weighted by Crippen LogP contribution is -2.12. The molecule has 3 heteroatoms. The minimum absolute atomic E-state index is 0.103. The largest absolute Gasteiger partial charge is 0.475 e. The van der Waals surface area contributed by atoms with Gasteiger partial charge in [-0.15, -0.1) is 0 Å². The average Bonchev–Trinajstić information content (AvgIpc) is 2.24. The summed E-state index contributed by atoms with van der Waals surface area (Å²) in [7, 11) is 0. The fourth-order valence-corrected chi connectivity index (χ4v) is 1.58.